The summed E-state index contributed by atoms with van der Waals surface area (Å²) in [6.07, 6.45) is -2.81. The summed E-state index contributed by atoms with van der Waals surface area (Å²) in [6, 6.07) is 0. The third-order valence-electron chi connectivity index (χ3n) is 3.83. The van der Waals surface area contributed by atoms with Gasteiger partial charge in [-0.15, -0.1) is 39.8 Å². The van der Waals surface area contributed by atoms with E-state index in [2.05, 4.69) is 6.58 Å². The lowest BCUT2D eigenvalue weighted by Crippen LogP contribution is -2.44. The number of rotatable bonds is 9. The standard InChI is InChI=1S/C7H10F6O4S2.C6H6F6O4S2.Cl3HSi/c1-2-3-4-5(18(14,15)6(8,9)10)19(16,17)7(11,12)13;1-2-3-4(17(13,14)5(7,8)9)18(15,16)6(10,11)12;1-4(2)3/h5H,2-4H2,1H3;2,4H,1,3H2;4H. The van der Waals surface area contributed by atoms with Crippen LogP contribution in [0.5, 0.6) is 0 Å². The van der Waals surface area contributed by atoms with Gasteiger partial charge in [0.15, 0.2) is 9.16 Å². The number of alkyl halides is 12. The van der Waals surface area contributed by atoms with Crippen molar-refractivity contribution >= 4 is 79.3 Å². The van der Waals surface area contributed by atoms with Crippen molar-refractivity contribution in [2.24, 2.45) is 0 Å². The Morgan fingerprint density at radius 1 is 0.610 bits per heavy atom. The summed E-state index contributed by atoms with van der Waals surface area (Å²) in [5, 5.41) is 0. The van der Waals surface area contributed by atoms with E-state index in [1.165, 1.54) is 6.92 Å². The van der Waals surface area contributed by atoms with Crippen molar-refractivity contribution in [1.29, 1.82) is 0 Å². The van der Waals surface area contributed by atoms with E-state index in [1.54, 1.807) is 0 Å². The highest BCUT2D eigenvalue weighted by atomic mass is 35.8. The Morgan fingerprint density at radius 3 is 1.00 bits per heavy atom. The second-order valence-corrected chi connectivity index (χ2v) is 22.3. The van der Waals surface area contributed by atoms with Crippen LogP contribution in [-0.2, 0) is 39.3 Å². The average Bonchev–Trinajstić information content (AvgIpc) is 2.68. The average molecular weight is 792 g/mol. The minimum Gasteiger partial charge on any atom is -0.218 e. The van der Waals surface area contributed by atoms with Gasteiger partial charge in [0, 0.05) is 0 Å². The molecule has 0 fully saturated rings. The molecule has 28 heteroatoms. The van der Waals surface area contributed by atoms with Gasteiger partial charge in [0.25, 0.3) is 39.3 Å². The van der Waals surface area contributed by atoms with E-state index >= 15 is 0 Å². The summed E-state index contributed by atoms with van der Waals surface area (Å²) in [7, 11) is -26.0. The molecule has 0 aliphatic rings. The maximum absolute atomic E-state index is 12.2. The molecule has 250 valence electrons. The van der Waals surface area contributed by atoms with Crippen LogP contribution in [0.4, 0.5) is 52.7 Å². The van der Waals surface area contributed by atoms with Gasteiger partial charge in [0.05, 0.1) is 0 Å². The molecule has 0 atom stereocenters. The number of hydrogen-bond acceptors (Lipinski definition) is 8. The summed E-state index contributed by atoms with van der Waals surface area (Å²) in [6.45, 7) is 2.36. The smallest absolute Gasteiger partial charge is 0.218 e. The number of sulfone groups is 4. The Labute approximate surface area is 241 Å². The fraction of sp³-hybridized carbons (Fsp3) is 0.846. The molecule has 0 heterocycles. The van der Waals surface area contributed by atoms with Gasteiger partial charge in [-0.25, -0.2) is 33.7 Å². The number of hydrogen-bond donors (Lipinski definition) is 0. The van der Waals surface area contributed by atoms with Crippen LogP contribution in [0.2, 0.25) is 0 Å². The van der Waals surface area contributed by atoms with Crippen molar-refractivity contribution < 1.29 is 86.4 Å². The first-order valence-corrected chi connectivity index (χ1v) is 20.8. The summed E-state index contributed by atoms with van der Waals surface area (Å²) >= 11 is 14.8. The maximum Gasteiger partial charge on any atom is 0.498 e. The summed E-state index contributed by atoms with van der Waals surface area (Å²) in [5.41, 5.74) is -24.4. The largest absolute Gasteiger partial charge is 0.498 e. The lowest BCUT2D eigenvalue weighted by Gasteiger charge is -2.20. The molecular weight excluding hydrogens is 775 g/mol. The fourth-order valence-electron chi connectivity index (χ4n) is 2.00. The third-order valence-corrected chi connectivity index (χ3v) is 13.1. The second kappa shape index (κ2) is 15.7. The topological polar surface area (TPSA) is 137 Å². The Morgan fingerprint density at radius 2 is 0.829 bits per heavy atom. The van der Waals surface area contributed by atoms with Crippen molar-refractivity contribution in [2.45, 2.75) is 63.8 Å². The molecule has 0 N–H and O–H groups in total. The van der Waals surface area contributed by atoms with Gasteiger partial charge >= 0.3 is 28.8 Å². The van der Waals surface area contributed by atoms with Crippen LogP contribution in [0, 0.1) is 0 Å². The summed E-state index contributed by atoms with van der Waals surface area (Å²) < 4.78 is 225. The highest BCUT2D eigenvalue weighted by molar-refractivity contribution is 8.10. The fourth-order valence-corrected chi connectivity index (χ4v) is 8.90. The Bertz CT molecular complexity index is 1180. The number of allylic oxidation sites excluding steroid dienone is 1. The zero-order valence-electron chi connectivity index (χ0n) is 19.4. The molecule has 0 amide bonds. The molecule has 0 aromatic heterocycles. The van der Waals surface area contributed by atoms with Crippen molar-refractivity contribution in [1.82, 2.24) is 0 Å². The third kappa shape index (κ3) is 12.7. The van der Waals surface area contributed by atoms with E-state index in [0.717, 1.165) is 0 Å². The number of halogens is 15. The summed E-state index contributed by atoms with van der Waals surface area (Å²) in [5.74, 6) is 0. The minimum atomic E-state index is -6.52. The van der Waals surface area contributed by atoms with Gasteiger partial charge < -0.3 is 0 Å². The molecule has 0 aromatic carbocycles. The number of unbranched alkanes of at least 4 members (excludes halogenated alkanes) is 1. The molecule has 0 spiro atoms. The van der Waals surface area contributed by atoms with Crippen LogP contribution in [0.1, 0.15) is 32.6 Å². The first-order valence-electron chi connectivity index (χ1n) is 9.36. The van der Waals surface area contributed by atoms with Gasteiger partial charge in [-0.3, -0.25) is 0 Å². The van der Waals surface area contributed by atoms with Gasteiger partial charge in [-0.1, -0.05) is 25.8 Å². The molecule has 0 rings (SSSR count). The zero-order valence-corrected chi connectivity index (χ0v) is 26.1. The predicted octanol–water partition coefficient (Wildman–Crippen LogP) is 5.55. The quantitative estimate of drug-likeness (QED) is 0.128. The van der Waals surface area contributed by atoms with Gasteiger partial charge in [-0.05, 0) is 12.8 Å². The molecule has 0 unspecified atom stereocenters. The minimum absolute atomic E-state index is 0.0389. The monoisotopic (exact) mass is 790 g/mol. The molecule has 0 saturated heterocycles. The van der Waals surface area contributed by atoms with Crippen molar-refractivity contribution in [3.05, 3.63) is 12.7 Å². The SMILES string of the molecule is C=CCC(S(=O)(=O)C(F)(F)F)S(=O)(=O)C(F)(F)F.CCCCC(S(=O)(=O)C(F)(F)F)S(=O)(=O)C(F)(F)F.Cl[SiH](Cl)Cl. The highest BCUT2D eigenvalue weighted by Crippen LogP contribution is 2.39. The Hall–Kier alpha value is -0.213. The lowest BCUT2D eigenvalue weighted by molar-refractivity contribution is -0.0483. The van der Waals surface area contributed by atoms with Crippen LogP contribution >= 0.6 is 33.2 Å². The highest BCUT2D eigenvalue weighted by Gasteiger charge is 2.63. The van der Waals surface area contributed by atoms with Crippen molar-refractivity contribution in [3.8, 4) is 0 Å². The molecule has 0 bridgehead atoms. The van der Waals surface area contributed by atoms with E-state index in [4.69, 9.17) is 33.2 Å². The maximum atomic E-state index is 12.2. The van der Waals surface area contributed by atoms with Crippen LogP contribution in [0.25, 0.3) is 0 Å². The lowest BCUT2D eigenvalue weighted by atomic mass is 10.3. The van der Waals surface area contributed by atoms with E-state index in [9.17, 15) is 86.4 Å². The molecule has 8 nitrogen and oxygen atoms in total. The predicted molar refractivity (Wildman–Crippen MR) is 127 cm³/mol. The molecule has 0 saturated carbocycles. The molecular formula is C13H17Cl3F12O8S4Si. The zero-order chi connectivity index (χ0) is 34.3. The Balaban J connectivity index is -0.000000623. The van der Waals surface area contributed by atoms with Crippen molar-refractivity contribution in [3.63, 3.8) is 0 Å². The Kier molecular flexibility index (Phi) is 17.3. The van der Waals surface area contributed by atoms with E-state index < -0.39 is 96.5 Å². The van der Waals surface area contributed by atoms with Gasteiger partial charge in [-0.2, -0.15) is 52.7 Å². The first kappa shape index (κ1) is 45.2. The second-order valence-electron chi connectivity index (χ2n) is 6.74. The van der Waals surface area contributed by atoms with Crippen LogP contribution in [-0.4, -0.2) is 71.6 Å². The van der Waals surface area contributed by atoms with E-state index in [-0.39, 0.29) is 6.42 Å². The molecule has 41 heavy (non-hydrogen) atoms. The van der Waals surface area contributed by atoms with Crippen LogP contribution in [0.3, 0.4) is 0 Å². The van der Waals surface area contributed by atoms with Crippen LogP contribution in [0.15, 0.2) is 12.7 Å². The van der Waals surface area contributed by atoms with Gasteiger partial charge in [0.1, 0.15) is 0 Å². The van der Waals surface area contributed by atoms with Crippen molar-refractivity contribution in [2.75, 3.05) is 0 Å². The molecule has 0 radical (unpaired) electrons. The normalized spacial score (nSPS) is 14.3. The van der Waals surface area contributed by atoms with Gasteiger partial charge in [0.2, 0.25) is 0 Å². The molecule has 0 aliphatic heterocycles. The van der Waals surface area contributed by atoms with E-state index in [1.807, 2.05) is 0 Å². The molecule has 0 aliphatic carbocycles. The molecule has 0 aromatic rings. The van der Waals surface area contributed by atoms with E-state index in [0.29, 0.717) is 6.08 Å². The van der Waals surface area contributed by atoms with Crippen LogP contribution < -0.4 is 0 Å². The summed E-state index contributed by atoms with van der Waals surface area (Å²) in [4.78, 5) is 0. The first-order chi connectivity index (χ1) is 17.6.